The van der Waals surface area contributed by atoms with Crippen LogP contribution in [0, 0.1) is 5.82 Å². The highest BCUT2D eigenvalue weighted by molar-refractivity contribution is 6.30. The molecule has 30 heavy (non-hydrogen) atoms. The van der Waals surface area contributed by atoms with Gasteiger partial charge in [-0.1, -0.05) is 16.8 Å². The summed E-state index contributed by atoms with van der Waals surface area (Å²) in [5, 5.41) is 7.08. The summed E-state index contributed by atoms with van der Waals surface area (Å²) in [5.41, 5.74) is 0.817. The molecule has 150 valence electrons. The molecule has 0 spiro atoms. The molecule has 1 N–H and O–H groups in total. The summed E-state index contributed by atoms with van der Waals surface area (Å²) < 4.78 is 19.4. The van der Waals surface area contributed by atoms with Crippen LogP contribution in [-0.4, -0.2) is 20.6 Å². The lowest BCUT2D eigenvalue weighted by Crippen LogP contribution is -2.28. The van der Waals surface area contributed by atoms with Crippen LogP contribution in [0.25, 0.3) is 22.8 Å². The number of halogens is 2. The fourth-order valence-corrected chi connectivity index (χ4v) is 2.89. The van der Waals surface area contributed by atoms with Crippen molar-refractivity contribution < 1.29 is 13.7 Å². The van der Waals surface area contributed by atoms with E-state index in [4.69, 9.17) is 16.1 Å². The molecule has 2 aromatic heterocycles. The molecule has 2 aromatic carbocycles. The summed E-state index contributed by atoms with van der Waals surface area (Å²) in [5.74, 6) is -0.494. The number of anilines is 1. The fraction of sp³-hybridized carbons (Fsp3) is 0.0476. The number of benzene rings is 2. The first kappa shape index (κ1) is 19.5. The lowest BCUT2D eigenvalue weighted by atomic mass is 10.2. The van der Waals surface area contributed by atoms with Gasteiger partial charge in [-0.3, -0.25) is 9.59 Å². The molecular weight excluding hydrogens is 411 g/mol. The zero-order valence-corrected chi connectivity index (χ0v) is 16.1. The smallest absolute Gasteiger partial charge is 0.263 e. The average molecular weight is 425 g/mol. The Bertz CT molecular complexity index is 1250. The monoisotopic (exact) mass is 424 g/mol. The minimum Gasteiger partial charge on any atom is -0.333 e. The van der Waals surface area contributed by atoms with Gasteiger partial charge in [0.15, 0.2) is 0 Å². The van der Waals surface area contributed by atoms with Gasteiger partial charge < -0.3 is 14.4 Å². The van der Waals surface area contributed by atoms with E-state index in [-0.39, 0.29) is 18.0 Å². The molecule has 7 nitrogen and oxygen atoms in total. The molecule has 1 amide bonds. The van der Waals surface area contributed by atoms with Gasteiger partial charge in [-0.05, 0) is 60.7 Å². The third-order valence-electron chi connectivity index (χ3n) is 4.22. The van der Waals surface area contributed by atoms with Gasteiger partial charge in [-0.15, -0.1) is 0 Å². The first-order valence-electron chi connectivity index (χ1n) is 8.84. The Hall–Kier alpha value is -3.78. The predicted octanol–water partition coefficient (Wildman–Crippen LogP) is 4.00. The maximum absolute atomic E-state index is 13.0. The number of carbonyl (C=O) groups is 1. The number of rotatable bonds is 5. The predicted molar refractivity (Wildman–Crippen MR) is 109 cm³/mol. The van der Waals surface area contributed by atoms with Gasteiger partial charge in [-0.2, -0.15) is 4.98 Å². The van der Waals surface area contributed by atoms with Crippen molar-refractivity contribution in [2.24, 2.45) is 0 Å². The van der Waals surface area contributed by atoms with E-state index < -0.39 is 17.3 Å². The van der Waals surface area contributed by atoms with Crippen LogP contribution in [0.4, 0.5) is 10.1 Å². The minimum atomic E-state index is -0.460. The highest BCUT2D eigenvalue weighted by Gasteiger charge is 2.16. The number of pyridine rings is 1. The van der Waals surface area contributed by atoms with E-state index in [1.54, 1.807) is 30.3 Å². The average Bonchev–Trinajstić information content (AvgIpc) is 3.22. The quantitative estimate of drug-likeness (QED) is 0.523. The molecule has 0 radical (unpaired) electrons. The van der Waals surface area contributed by atoms with Gasteiger partial charge >= 0.3 is 0 Å². The molecule has 0 aliphatic rings. The third-order valence-corrected chi connectivity index (χ3v) is 4.47. The van der Waals surface area contributed by atoms with Gasteiger partial charge in [-0.25, -0.2) is 4.39 Å². The first-order chi connectivity index (χ1) is 14.5. The van der Waals surface area contributed by atoms with E-state index >= 15 is 0 Å². The molecule has 0 aliphatic heterocycles. The molecule has 0 aliphatic carbocycles. The van der Waals surface area contributed by atoms with Crippen molar-refractivity contribution in [1.82, 2.24) is 14.7 Å². The van der Waals surface area contributed by atoms with Gasteiger partial charge in [0.25, 0.3) is 11.4 Å². The molecule has 2 heterocycles. The van der Waals surface area contributed by atoms with Crippen LogP contribution in [-0.2, 0) is 11.3 Å². The largest absolute Gasteiger partial charge is 0.333 e. The van der Waals surface area contributed by atoms with Crippen LogP contribution in [0.15, 0.2) is 76.2 Å². The number of hydrogen-bond acceptors (Lipinski definition) is 5. The van der Waals surface area contributed by atoms with Gasteiger partial charge in [0.2, 0.25) is 11.7 Å². The molecule has 0 saturated carbocycles. The molecule has 0 saturated heterocycles. The SMILES string of the molecule is O=C(Cn1cccc(-c2nc(-c3ccc(Cl)cc3)no2)c1=O)Nc1ccc(F)cc1. The summed E-state index contributed by atoms with van der Waals surface area (Å²) in [4.78, 5) is 29.3. The Labute approximate surface area is 174 Å². The Morgan fingerprint density at radius 1 is 1.10 bits per heavy atom. The Balaban J connectivity index is 1.54. The number of carbonyl (C=O) groups excluding carboxylic acids is 1. The van der Waals surface area contributed by atoms with Crippen molar-refractivity contribution in [3.63, 3.8) is 0 Å². The van der Waals surface area contributed by atoms with Crippen LogP contribution >= 0.6 is 11.6 Å². The van der Waals surface area contributed by atoms with E-state index in [0.717, 1.165) is 0 Å². The summed E-state index contributed by atoms with van der Waals surface area (Å²) >= 11 is 5.88. The summed E-state index contributed by atoms with van der Waals surface area (Å²) in [6.07, 6.45) is 1.48. The summed E-state index contributed by atoms with van der Waals surface area (Å²) in [7, 11) is 0. The van der Waals surface area contributed by atoms with E-state index in [9.17, 15) is 14.0 Å². The van der Waals surface area contributed by atoms with Crippen molar-refractivity contribution in [2.75, 3.05) is 5.32 Å². The Kier molecular flexibility index (Phi) is 5.40. The lowest BCUT2D eigenvalue weighted by molar-refractivity contribution is -0.116. The second-order valence-electron chi connectivity index (χ2n) is 6.34. The Morgan fingerprint density at radius 2 is 1.83 bits per heavy atom. The normalized spacial score (nSPS) is 10.7. The topological polar surface area (TPSA) is 90.0 Å². The number of nitrogens with one attached hydrogen (secondary N) is 1. The number of aromatic nitrogens is 3. The second kappa shape index (κ2) is 8.30. The molecule has 0 bridgehead atoms. The van der Waals surface area contributed by atoms with Crippen molar-refractivity contribution in [2.45, 2.75) is 6.54 Å². The van der Waals surface area contributed by atoms with Crippen LogP contribution in [0.3, 0.4) is 0 Å². The van der Waals surface area contributed by atoms with Crippen molar-refractivity contribution >= 4 is 23.2 Å². The number of hydrogen-bond donors (Lipinski definition) is 1. The highest BCUT2D eigenvalue weighted by Crippen LogP contribution is 2.21. The van der Waals surface area contributed by atoms with Gasteiger partial charge in [0.05, 0.1) is 0 Å². The van der Waals surface area contributed by atoms with Crippen LogP contribution < -0.4 is 10.9 Å². The molecule has 0 unspecified atom stereocenters. The third kappa shape index (κ3) is 4.28. The lowest BCUT2D eigenvalue weighted by Gasteiger charge is -2.08. The summed E-state index contributed by atoms with van der Waals surface area (Å²) in [6.45, 7) is -0.234. The maximum Gasteiger partial charge on any atom is 0.263 e. The van der Waals surface area contributed by atoms with E-state index in [0.29, 0.717) is 22.1 Å². The maximum atomic E-state index is 13.0. The number of nitrogens with zero attached hydrogens (tertiary/aromatic N) is 3. The fourth-order valence-electron chi connectivity index (χ4n) is 2.76. The zero-order valence-electron chi connectivity index (χ0n) is 15.4. The highest BCUT2D eigenvalue weighted by atomic mass is 35.5. The molecule has 4 aromatic rings. The van der Waals surface area contributed by atoms with Gasteiger partial charge in [0, 0.05) is 22.5 Å². The number of amides is 1. The molecule has 4 rings (SSSR count). The summed E-state index contributed by atoms with van der Waals surface area (Å²) in [6, 6.07) is 15.3. The molecule has 0 fully saturated rings. The molecule has 0 atom stereocenters. The van der Waals surface area contributed by atoms with Crippen molar-refractivity contribution in [1.29, 1.82) is 0 Å². The van der Waals surface area contributed by atoms with Crippen LogP contribution in [0.2, 0.25) is 5.02 Å². The second-order valence-corrected chi connectivity index (χ2v) is 6.78. The zero-order chi connectivity index (χ0) is 21.1. The van der Waals surface area contributed by atoms with E-state index in [1.165, 1.54) is 41.1 Å². The minimum absolute atomic E-state index is 0.0400. The first-order valence-corrected chi connectivity index (χ1v) is 9.22. The van der Waals surface area contributed by atoms with Gasteiger partial charge in [0.1, 0.15) is 17.9 Å². The van der Waals surface area contributed by atoms with Crippen molar-refractivity contribution in [3.05, 3.63) is 88.1 Å². The molecule has 9 heteroatoms. The Morgan fingerprint density at radius 3 is 2.57 bits per heavy atom. The van der Waals surface area contributed by atoms with Crippen LogP contribution in [0.1, 0.15) is 0 Å². The van der Waals surface area contributed by atoms with Crippen molar-refractivity contribution in [3.8, 4) is 22.8 Å². The van der Waals surface area contributed by atoms with E-state index in [2.05, 4.69) is 15.5 Å². The standard InChI is InChI=1S/C21H14ClFN4O3/c22-14-5-3-13(4-6-14)19-25-20(30-26-19)17-2-1-11-27(21(17)29)12-18(28)24-16-9-7-15(23)8-10-16/h1-11H,12H2,(H,24,28). The van der Waals surface area contributed by atoms with E-state index in [1.807, 2.05) is 0 Å². The van der Waals surface area contributed by atoms with Crippen LogP contribution in [0.5, 0.6) is 0 Å². The molecular formula is C21H14ClFN4O3.